The molecule has 0 amide bonds. The number of halogens is 1. The van der Waals surface area contributed by atoms with Crippen molar-refractivity contribution in [3.8, 4) is 0 Å². The maximum absolute atomic E-state index is 12.7. The minimum atomic E-state index is -4.82. The molecule has 0 aromatic heterocycles. The third-order valence-corrected chi connectivity index (χ3v) is 2.92. The van der Waals surface area contributed by atoms with E-state index in [9.17, 15) is 22.4 Å². The Hall–Kier alpha value is -1.50. The molecule has 0 N–H and O–H groups in total. The molecule has 0 saturated heterocycles. The van der Waals surface area contributed by atoms with Crippen LogP contribution in [0.4, 0.5) is 9.57 Å². The van der Waals surface area contributed by atoms with E-state index >= 15 is 0 Å². The molecule has 82 valence electrons. The van der Waals surface area contributed by atoms with Gasteiger partial charge in [-0.15, -0.1) is 3.89 Å². The van der Waals surface area contributed by atoms with Gasteiger partial charge < -0.3 is 0 Å². The number of benzene rings is 1. The van der Waals surface area contributed by atoms with E-state index in [1.807, 2.05) is 0 Å². The van der Waals surface area contributed by atoms with Gasteiger partial charge in [0.2, 0.25) is 0 Å². The summed E-state index contributed by atoms with van der Waals surface area (Å²) in [6.45, 7) is 2.66. The van der Waals surface area contributed by atoms with Crippen LogP contribution in [0.3, 0.4) is 0 Å². The van der Waals surface area contributed by atoms with Crippen molar-refractivity contribution < 1.29 is 17.2 Å². The monoisotopic (exact) mass is 233 g/mol. The Morgan fingerprint density at radius 3 is 2.20 bits per heavy atom. The quantitative estimate of drug-likeness (QED) is 0.444. The maximum Gasteiger partial charge on any atom is 0.332 e. The highest BCUT2D eigenvalue weighted by Crippen LogP contribution is 2.26. The molecule has 0 saturated carbocycles. The molecule has 0 heterocycles. The summed E-state index contributed by atoms with van der Waals surface area (Å²) in [7, 11) is -4.82. The van der Waals surface area contributed by atoms with Gasteiger partial charge in [-0.2, -0.15) is 8.42 Å². The molecule has 7 heteroatoms. The van der Waals surface area contributed by atoms with Crippen LogP contribution in [-0.4, -0.2) is 13.3 Å². The fourth-order valence-corrected chi connectivity index (χ4v) is 1.99. The Bertz CT molecular complexity index is 524. The van der Waals surface area contributed by atoms with Crippen molar-refractivity contribution in [2.45, 2.75) is 18.7 Å². The zero-order valence-corrected chi connectivity index (χ0v) is 8.84. The van der Waals surface area contributed by atoms with Crippen molar-refractivity contribution in [3.63, 3.8) is 0 Å². The molecule has 0 fully saturated rings. The summed E-state index contributed by atoms with van der Waals surface area (Å²) in [5, 5.41) is 10.5. The van der Waals surface area contributed by atoms with Gasteiger partial charge >= 0.3 is 10.2 Å². The van der Waals surface area contributed by atoms with E-state index in [0.717, 1.165) is 12.1 Å². The SMILES string of the molecule is Cc1cc(S(=O)(=O)F)c(C)cc1[N+](=O)[O-]. The molecular formula is C8H8FNO4S. The Labute approximate surface area is 85.9 Å². The average Bonchev–Trinajstić information content (AvgIpc) is 2.06. The Balaban J connectivity index is 3.52. The predicted molar refractivity (Wildman–Crippen MR) is 50.9 cm³/mol. The van der Waals surface area contributed by atoms with Crippen molar-refractivity contribution in [2.75, 3.05) is 0 Å². The van der Waals surface area contributed by atoms with Gasteiger partial charge in [0.1, 0.15) is 4.90 Å². The van der Waals surface area contributed by atoms with Gasteiger partial charge in [0.15, 0.2) is 0 Å². The number of rotatable bonds is 2. The van der Waals surface area contributed by atoms with Crippen LogP contribution in [0.5, 0.6) is 0 Å². The largest absolute Gasteiger partial charge is 0.332 e. The molecule has 15 heavy (non-hydrogen) atoms. The van der Waals surface area contributed by atoms with E-state index in [1.165, 1.54) is 13.8 Å². The van der Waals surface area contributed by atoms with E-state index in [1.54, 1.807) is 0 Å². The van der Waals surface area contributed by atoms with Crippen LogP contribution in [0.15, 0.2) is 17.0 Å². The van der Waals surface area contributed by atoms with Gasteiger partial charge in [0.25, 0.3) is 5.69 Å². The van der Waals surface area contributed by atoms with Crippen molar-refractivity contribution in [1.29, 1.82) is 0 Å². The van der Waals surface area contributed by atoms with Crippen molar-refractivity contribution in [2.24, 2.45) is 0 Å². The molecule has 0 spiro atoms. The number of nitro benzene ring substituents is 1. The molecule has 0 aliphatic rings. The first-order valence-corrected chi connectivity index (χ1v) is 5.32. The summed E-state index contributed by atoms with van der Waals surface area (Å²) in [6, 6.07) is 2.00. The summed E-state index contributed by atoms with van der Waals surface area (Å²) < 4.78 is 34.0. The fourth-order valence-electron chi connectivity index (χ4n) is 1.23. The lowest BCUT2D eigenvalue weighted by Gasteiger charge is -2.03. The van der Waals surface area contributed by atoms with E-state index in [2.05, 4.69) is 0 Å². The van der Waals surface area contributed by atoms with Crippen LogP contribution >= 0.6 is 0 Å². The van der Waals surface area contributed by atoms with Crippen LogP contribution < -0.4 is 0 Å². The van der Waals surface area contributed by atoms with E-state index in [4.69, 9.17) is 0 Å². The van der Waals surface area contributed by atoms with E-state index in [-0.39, 0.29) is 16.8 Å². The van der Waals surface area contributed by atoms with Crippen LogP contribution in [0.2, 0.25) is 0 Å². The fraction of sp³-hybridized carbons (Fsp3) is 0.250. The van der Waals surface area contributed by atoms with Crippen molar-refractivity contribution in [3.05, 3.63) is 33.4 Å². The second kappa shape index (κ2) is 3.58. The van der Waals surface area contributed by atoms with Crippen LogP contribution in [0.25, 0.3) is 0 Å². The molecule has 0 atom stereocenters. The highest BCUT2D eigenvalue weighted by Gasteiger charge is 2.20. The molecule has 0 aliphatic carbocycles. The van der Waals surface area contributed by atoms with Crippen LogP contribution in [-0.2, 0) is 10.2 Å². The Morgan fingerprint density at radius 2 is 1.80 bits per heavy atom. The molecular weight excluding hydrogens is 225 g/mol. The van der Waals surface area contributed by atoms with Gasteiger partial charge in [0, 0.05) is 11.6 Å². The minimum absolute atomic E-state index is 0.0230. The zero-order valence-electron chi connectivity index (χ0n) is 8.02. The predicted octanol–water partition coefficient (Wildman–Crippen LogP) is 1.87. The molecule has 0 aliphatic heterocycles. The van der Waals surface area contributed by atoms with E-state index < -0.39 is 20.0 Å². The normalized spacial score (nSPS) is 11.4. The summed E-state index contributed by atoms with van der Waals surface area (Å²) in [4.78, 5) is 9.33. The second-order valence-electron chi connectivity index (χ2n) is 3.10. The van der Waals surface area contributed by atoms with Crippen molar-refractivity contribution >= 4 is 15.9 Å². The smallest absolute Gasteiger partial charge is 0.258 e. The number of hydrogen-bond donors (Lipinski definition) is 0. The Morgan fingerprint density at radius 1 is 1.27 bits per heavy atom. The maximum atomic E-state index is 12.7. The first-order valence-electron chi connectivity index (χ1n) is 3.94. The van der Waals surface area contributed by atoms with Gasteiger partial charge in [-0.1, -0.05) is 0 Å². The summed E-state index contributed by atoms with van der Waals surface area (Å²) in [5.41, 5.74) is -0.0866. The molecule has 5 nitrogen and oxygen atoms in total. The molecule has 1 aromatic carbocycles. The average molecular weight is 233 g/mol. The topological polar surface area (TPSA) is 77.3 Å². The molecule has 1 aromatic rings. The number of nitro groups is 1. The van der Waals surface area contributed by atoms with E-state index in [0.29, 0.717) is 0 Å². The second-order valence-corrected chi connectivity index (χ2v) is 4.41. The third-order valence-electron chi connectivity index (χ3n) is 1.95. The minimum Gasteiger partial charge on any atom is -0.258 e. The highest BCUT2D eigenvalue weighted by atomic mass is 32.3. The lowest BCUT2D eigenvalue weighted by molar-refractivity contribution is -0.385. The molecule has 0 radical (unpaired) electrons. The summed E-state index contributed by atoms with van der Waals surface area (Å²) in [5.74, 6) is 0. The third kappa shape index (κ3) is 2.30. The first kappa shape index (κ1) is 11.6. The summed E-state index contributed by atoms with van der Waals surface area (Å²) >= 11 is 0. The van der Waals surface area contributed by atoms with Crippen molar-refractivity contribution in [1.82, 2.24) is 0 Å². The number of aryl methyl sites for hydroxylation is 2. The zero-order chi connectivity index (χ0) is 11.8. The van der Waals surface area contributed by atoms with Crippen LogP contribution in [0.1, 0.15) is 11.1 Å². The number of hydrogen-bond acceptors (Lipinski definition) is 4. The summed E-state index contributed by atoms with van der Waals surface area (Å²) in [6.07, 6.45) is 0. The highest BCUT2D eigenvalue weighted by molar-refractivity contribution is 7.86. The molecule has 1 rings (SSSR count). The standard InChI is InChI=1S/C8H8FNO4S/c1-5-4-8(15(9,13)14)6(2)3-7(5)10(11)12/h3-4H,1-2H3. The lowest BCUT2D eigenvalue weighted by atomic mass is 10.1. The molecule has 0 unspecified atom stereocenters. The Kier molecular flexibility index (Phi) is 2.76. The van der Waals surface area contributed by atoms with Gasteiger partial charge in [-0.3, -0.25) is 10.1 Å². The lowest BCUT2D eigenvalue weighted by Crippen LogP contribution is -2.00. The number of nitrogens with zero attached hydrogens (tertiary/aromatic N) is 1. The van der Waals surface area contributed by atoms with Gasteiger partial charge in [0.05, 0.1) is 4.92 Å². The van der Waals surface area contributed by atoms with Gasteiger partial charge in [-0.25, -0.2) is 0 Å². The molecule has 0 bridgehead atoms. The first-order chi connectivity index (χ1) is 6.73. The van der Waals surface area contributed by atoms with Crippen LogP contribution in [0, 0.1) is 24.0 Å². The van der Waals surface area contributed by atoms with Gasteiger partial charge in [-0.05, 0) is 25.5 Å².